The Kier molecular flexibility index (Phi) is 3.24. The normalized spacial score (nSPS) is 11.4. The highest BCUT2D eigenvalue weighted by Gasteiger charge is 2.21. The Balaban J connectivity index is 3.55. The van der Waals surface area contributed by atoms with Crippen LogP contribution in [0, 0.1) is 5.82 Å². The van der Waals surface area contributed by atoms with Crippen molar-refractivity contribution in [3.8, 4) is 5.75 Å². The number of benzene rings is 1. The third-order valence-corrected chi connectivity index (χ3v) is 3.12. The zero-order valence-corrected chi connectivity index (χ0v) is 9.25. The van der Waals surface area contributed by atoms with Gasteiger partial charge in [-0.15, -0.1) is 0 Å². The SMILES string of the molecule is COc1c(S(=O)(=O)Cl)ccc(Cl)c1F. The Hall–Kier alpha value is -0.520. The van der Waals surface area contributed by atoms with Gasteiger partial charge >= 0.3 is 0 Å². The van der Waals surface area contributed by atoms with E-state index in [1.165, 1.54) is 0 Å². The van der Waals surface area contributed by atoms with Gasteiger partial charge < -0.3 is 4.74 Å². The molecule has 0 N–H and O–H groups in total. The Bertz CT molecular complexity index is 458. The van der Waals surface area contributed by atoms with E-state index in [9.17, 15) is 12.8 Å². The molecule has 78 valence electrons. The summed E-state index contributed by atoms with van der Waals surface area (Å²) in [6.07, 6.45) is 0. The van der Waals surface area contributed by atoms with E-state index in [2.05, 4.69) is 4.74 Å². The van der Waals surface area contributed by atoms with Gasteiger partial charge in [-0.1, -0.05) is 11.6 Å². The summed E-state index contributed by atoms with van der Waals surface area (Å²) < 4.78 is 39.7. The predicted molar refractivity (Wildman–Crippen MR) is 51.0 cm³/mol. The summed E-state index contributed by atoms with van der Waals surface area (Å²) in [6.45, 7) is 0. The van der Waals surface area contributed by atoms with Gasteiger partial charge in [0.15, 0.2) is 11.6 Å². The first-order valence-corrected chi connectivity index (χ1v) is 6.03. The third kappa shape index (κ3) is 2.10. The highest BCUT2D eigenvalue weighted by atomic mass is 35.7. The van der Waals surface area contributed by atoms with Crippen LogP contribution in [0.25, 0.3) is 0 Å². The summed E-state index contributed by atoms with van der Waals surface area (Å²) in [6, 6.07) is 2.17. The molecule has 1 rings (SSSR count). The van der Waals surface area contributed by atoms with Crippen LogP contribution in [-0.2, 0) is 9.05 Å². The van der Waals surface area contributed by atoms with Gasteiger partial charge in [0.05, 0.1) is 12.1 Å². The molecule has 0 aliphatic rings. The predicted octanol–water partition coefficient (Wildman–Crippen LogP) is 2.42. The molecule has 0 saturated heterocycles. The first-order valence-electron chi connectivity index (χ1n) is 3.34. The fraction of sp³-hybridized carbons (Fsp3) is 0.143. The van der Waals surface area contributed by atoms with Crippen LogP contribution >= 0.6 is 22.3 Å². The van der Waals surface area contributed by atoms with Crippen molar-refractivity contribution < 1.29 is 17.5 Å². The van der Waals surface area contributed by atoms with Crippen LogP contribution in [-0.4, -0.2) is 15.5 Å². The summed E-state index contributed by atoms with van der Waals surface area (Å²) in [4.78, 5) is -0.441. The topological polar surface area (TPSA) is 43.4 Å². The van der Waals surface area contributed by atoms with E-state index < -0.39 is 25.5 Å². The number of methoxy groups -OCH3 is 1. The number of hydrogen-bond donors (Lipinski definition) is 0. The molecule has 0 fully saturated rings. The van der Waals surface area contributed by atoms with E-state index in [4.69, 9.17) is 22.3 Å². The minimum Gasteiger partial charge on any atom is -0.492 e. The Morgan fingerprint density at radius 3 is 2.43 bits per heavy atom. The van der Waals surface area contributed by atoms with E-state index in [1.54, 1.807) is 0 Å². The van der Waals surface area contributed by atoms with Gasteiger partial charge in [-0.25, -0.2) is 12.8 Å². The smallest absolute Gasteiger partial charge is 0.265 e. The molecule has 0 saturated carbocycles. The maximum Gasteiger partial charge on any atom is 0.265 e. The van der Waals surface area contributed by atoms with Crippen LogP contribution in [0.2, 0.25) is 5.02 Å². The van der Waals surface area contributed by atoms with Gasteiger partial charge in [0, 0.05) is 10.7 Å². The molecule has 0 unspecified atom stereocenters. The average Bonchev–Trinajstić information content (AvgIpc) is 2.07. The Morgan fingerprint density at radius 2 is 2.00 bits per heavy atom. The van der Waals surface area contributed by atoms with E-state index in [1.807, 2.05) is 0 Å². The fourth-order valence-corrected chi connectivity index (χ4v) is 2.03. The van der Waals surface area contributed by atoms with Crippen molar-refractivity contribution in [1.29, 1.82) is 0 Å². The highest BCUT2D eigenvalue weighted by Crippen LogP contribution is 2.33. The molecule has 0 atom stereocenters. The lowest BCUT2D eigenvalue weighted by molar-refractivity contribution is 0.375. The molecule has 0 spiro atoms. The van der Waals surface area contributed by atoms with Crippen molar-refractivity contribution >= 4 is 31.3 Å². The van der Waals surface area contributed by atoms with Crippen molar-refractivity contribution in [2.45, 2.75) is 4.90 Å². The number of hydrogen-bond acceptors (Lipinski definition) is 3. The van der Waals surface area contributed by atoms with E-state index in [-0.39, 0.29) is 5.02 Å². The van der Waals surface area contributed by atoms with Crippen molar-refractivity contribution in [3.63, 3.8) is 0 Å². The number of halogens is 3. The van der Waals surface area contributed by atoms with Crippen molar-refractivity contribution in [2.75, 3.05) is 7.11 Å². The second-order valence-corrected chi connectivity index (χ2v) is 5.27. The summed E-state index contributed by atoms with van der Waals surface area (Å²) in [5.41, 5.74) is 0. The quantitative estimate of drug-likeness (QED) is 0.766. The molecule has 3 nitrogen and oxygen atoms in total. The van der Waals surface area contributed by atoms with Crippen LogP contribution in [0.3, 0.4) is 0 Å². The third-order valence-electron chi connectivity index (χ3n) is 1.48. The minimum absolute atomic E-state index is 0.231. The first-order chi connectivity index (χ1) is 6.38. The van der Waals surface area contributed by atoms with Crippen molar-refractivity contribution in [3.05, 3.63) is 23.0 Å². The summed E-state index contributed by atoms with van der Waals surface area (Å²) >= 11 is 5.42. The molecule has 7 heteroatoms. The lowest BCUT2D eigenvalue weighted by Gasteiger charge is -2.07. The molecular formula is C7H5Cl2FO3S. The zero-order valence-electron chi connectivity index (χ0n) is 6.92. The van der Waals surface area contributed by atoms with Crippen LogP contribution in [0.5, 0.6) is 5.75 Å². The van der Waals surface area contributed by atoms with Gasteiger partial charge in [-0.2, -0.15) is 0 Å². The second-order valence-electron chi connectivity index (χ2n) is 2.33. The van der Waals surface area contributed by atoms with Gasteiger partial charge in [0.25, 0.3) is 9.05 Å². The standard InChI is InChI=1S/C7H5Cl2FO3S/c1-13-7-5(14(9,11)12)3-2-4(8)6(7)10/h2-3H,1H3. The van der Waals surface area contributed by atoms with Gasteiger partial charge in [0.2, 0.25) is 0 Å². The molecule has 0 aliphatic heterocycles. The van der Waals surface area contributed by atoms with Crippen LogP contribution < -0.4 is 4.74 Å². The molecule has 0 amide bonds. The van der Waals surface area contributed by atoms with Gasteiger partial charge in [-0.3, -0.25) is 0 Å². The van der Waals surface area contributed by atoms with Crippen molar-refractivity contribution in [2.24, 2.45) is 0 Å². The minimum atomic E-state index is -4.04. The molecule has 0 aromatic heterocycles. The van der Waals surface area contributed by atoms with E-state index >= 15 is 0 Å². The van der Waals surface area contributed by atoms with Crippen molar-refractivity contribution in [1.82, 2.24) is 0 Å². The molecule has 1 aromatic carbocycles. The lowest BCUT2D eigenvalue weighted by atomic mass is 10.3. The Labute approximate surface area is 89.8 Å². The first kappa shape index (κ1) is 11.6. The number of ether oxygens (including phenoxy) is 1. The van der Waals surface area contributed by atoms with E-state index in [0.717, 1.165) is 19.2 Å². The summed E-state index contributed by atoms with van der Waals surface area (Å²) in [5.74, 6) is -1.43. The molecule has 0 bridgehead atoms. The monoisotopic (exact) mass is 258 g/mol. The van der Waals surface area contributed by atoms with Crippen LogP contribution in [0.1, 0.15) is 0 Å². The van der Waals surface area contributed by atoms with Gasteiger partial charge in [0.1, 0.15) is 4.90 Å². The van der Waals surface area contributed by atoms with Crippen LogP contribution in [0.15, 0.2) is 17.0 Å². The van der Waals surface area contributed by atoms with Gasteiger partial charge in [-0.05, 0) is 12.1 Å². The molecule has 0 radical (unpaired) electrons. The maximum atomic E-state index is 13.2. The number of rotatable bonds is 2. The molecular weight excluding hydrogens is 254 g/mol. The van der Waals surface area contributed by atoms with Crippen LogP contribution in [0.4, 0.5) is 4.39 Å². The second kappa shape index (κ2) is 3.92. The molecule has 1 aromatic rings. The fourth-order valence-electron chi connectivity index (χ4n) is 0.897. The molecule has 0 aliphatic carbocycles. The largest absolute Gasteiger partial charge is 0.492 e. The lowest BCUT2D eigenvalue weighted by Crippen LogP contribution is -1.99. The zero-order chi connectivity index (χ0) is 10.9. The van der Waals surface area contributed by atoms with E-state index in [0.29, 0.717) is 0 Å². The summed E-state index contributed by atoms with van der Waals surface area (Å²) in [5, 5.41) is -0.231. The maximum absolute atomic E-state index is 13.2. The molecule has 14 heavy (non-hydrogen) atoms. The summed E-state index contributed by atoms with van der Waals surface area (Å²) in [7, 11) is 2.14. The Morgan fingerprint density at radius 1 is 1.43 bits per heavy atom. The molecule has 0 heterocycles. The average molecular weight is 259 g/mol. The highest BCUT2D eigenvalue weighted by molar-refractivity contribution is 8.13.